The molecule has 0 unspecified atom stereocenters. The molecule has 1 heterocycles. The zero-order chi connectivity index (χ0) is 19.6. The summed E-state index contributed by atoms with van der Waals surface area (Å²) in [6, 6.07) is 12.4. The normalized spacial score (nSPS) is 12.0. The number of benzene rings is 2. The number of hydrogen-bond acceptors (Lipinski definition) is 6. The van der Waals surface area contributed by atoms with Crippen LogP contribution in [0.5, 0.6) is 11.5 Å². The molecule has 1 aromatic heterocycles. The minimum atomic E-state index is -0.731. The van der Waals surface area contributed by atoms with Gasteiger partial charge in [0.15, 0.2) is 0 Å². The minimum Gasteiger partial charge on any atom is -0.507 e. The van der Waals surface area contributed by atoms with E-state index in [9.17, 15) is 14.7 Å². The van der Waals surface area contributed by atoms with Gasteiger partial charge in [-0.25, -0.2) is 4.79 Å². The minimum absolute atomic E-state index is 0.0290. The molecule has 0 saturated carbocycles. The van der Waals surface area contributed by atoms with E-state index in [-0.39, 0.29) is 23.5 Å². The maximum absolute atomic E-state index is 12.5. The molecule has 6 heteroatoms. The number of hydrogen-bond donors (Lipinski definition) is 1. The topological polar surface area (TPSA) is 86.0 Å². The SMILES string of the molecule is COC(=O)C[C@@H](c1c(O)cc(C)oc1=O)c1ccc(OC)c2ccccc12. The van der Waals surface area contributed by atoms with Crippen molar-refractivity contribution in [2.24, 2.45) is 0 Å². The van der Waals surface area contributed by atoms with Crippen LogP contribution in [-0.4, -0.2) is 25.3 Å². The van der Waals surface area contributed by atoms with E-state index >= 15 is 0 Å². The average molecular weight is 368 g/mol. The lowest BCUT2D eigenvalue weighted by atomic mass is 9.85. The van der Waals surface area contributed by atoms with Gasteiger partial charge in [-0.2, -0.15) is 0 Å². The van der Waals surface area contributed by atoms with Crippen LogP contribution in [0.3, 0.4) is 0 Å². The highest BCUT2D eigenvalue weighted by atomic mass is 16.5. The maximum atomic E-state index is 12.5. The summed E-state index contributed by atoms with van der Waals surface area (Å²) in [5.74, 6) is -0.481. The highest BCUT2D eigenvalue weighted by Crippen LogP contribution is 2.38. The third-order valence-electron chi connectivity index (χ3n) is 4.55. The Labute approximate surface area is 156 Å². The number of fused-ring (bicyclic) bond motifs is 1. The van der Waals surface area contributed by atoms with Crippen LogP contribution in [0.1, 0.15) is 29.2 Å². The monoisotopic (exact) mass is 368 g/mol. The van der Waals surface area contributed by atoms with E-state index in [1.807, 2.05) is 24.3 Å². The lowest BCUT2D eigenvalue weighted by Crippen LogP contribution is -2.18. The summed E-state index contributed by atoms with van der Waals surface area (Å²) in [5, 5.41) is 12.1. The van der Waals surface area contributed by atoms with Gasteiger partial charge < -0.3 is 19.0 Å². The molecule has 27 heavy (non-hydrogen) atoms. The second-order valence-corrected chi connectivity index (χ2v) is 6.18. The number of esters is 1. The summed E-state index contributed by atoms with van der Waals surface area (Å²) in [4.78, 5) is 24.6. The van der Waals surface area contributed by atoms with E-state index in [2.05, 4.69) is 0 Å². The fourth-order valence-electron chi connectivity index (χ4n) is 3.32. The Morgan fingerprint density at radius 2 is 1.85 bits per heavy atom. The first-order valence-corrected chi connectivity index (χ1v) is 8.42. The van der Waals surface area contributed by atoms with Crippen molar-refractivity contribution in [3.05, 3.63) is 69.8 Å². The van der Waals surface area contributed by atoms with Crippen molar-refractivity contribution in [1.29, 1.82) is 0 Å². The molecule has 0 bridgehead atoms. The molecular formula is C21H20O6. The lowest BCUT2D eigenvalue weighted by molar-refractivity contribution is -0.140. The van der Waals surface area contributed by atoms with E-state index < -0.39 is 17.5 Å². The van der Waals surface area contributed by atoms with Crippen LogP contribution in [0.25, 0.3) is 10.8 Å². The van der Waals surface area contributed by atoms with Crippen LogP contribution in [0.2, 0.25) is 0 Å². The van der Waals surface area contributed by atoms with Gasteiger partial charge in [-0.05, 0) is 23.9 Å². The molecule has 0 spiro atoms. The summed E-state index contributed by atoms with van der Waals surface area (Å²) in [6.45, 7) is 1.57. The molecule has 0 aliphatic heterocycles. The predicted octanol–water partition coefficient (Wildman–Crippen LogP) is 3.51. The largest absolute Gasteiger partial charge is 0.507 e. The molecule has 3 rings (SSSR count). The number of aryl methyl sites for hydroxylation is 1. The van der Waals surface area contributed by atoms with E-state index in [0.717, 1.165) is 10.8 Å². The zero-order valence-corrected chi connectivity index (χ0v) is 15.3. The smallest absolute Gasteiger partial charge is 0.343 e. The van der Waals surface area contributed by atoms with Crippen molar-refractivity contribution in [1.82, 2.24) is 0 Å². The quantitative estimate of drug-likeness (QED) is 0.694. The Hall–Kier alpha value is -3.28. The Bertz CT molecular complexity index is 1050. The first kappa shape index (κ1) is 18.5. The second kappa shape index (κ2) is 7.53. The van der Waals surface area contributed by atoms with Crippen molar-refractivity contribution in [3.8, 4) is 11.5 Å². The van der Waals surface area contributed by atoms with Crippen LogP contribution in [0.15, 0.2) is 51.7 Å². The summed E-state index contributed by atoms with van der Waals surface area (Å²) >= 11 is 0. The molecule has 0 fully saturated rings. The zero-order valence-electron chi connectivity index (χ0n) is 15.3. The van der Waals surface area contributed by atoms with E-state index in [4.69, 9.17) is 13.9 Å². The van der Waals surface area contributed by atoms with Gasteiger partial charge >= 0.3 is 11.6 Å². The van der Waals surface area contributed by atoms with Crippen LogP contribution in [0, 0.1) is 6.92 Å². The summed E-state index contributed by atoms with van der Waals surface area (Å²) in [5.41, 5.74) is 0.0471. The Balaban J connectivity index is 2.29. The second-order valence-electron chi connectivity index (χ2n) is 6.18. The molecule has 140 valence electrons. The maximum Gasteiger partial charge on any atom is 0.343 e. The molecule has 3 aromatic rings. The van der Waals surface area contributed by atoms with Gasteiger partial charge in [0.2, 0.25) is 0 Å². The molecule has 0 aliphatic carbocycles. The van der Waals surface area contributed by atoms with Crippen LogP contribution in [0.4, 0.5) is 0 Å². The summed E-state index contributed by atoms with van der Waals surface area (Å²) in [7, 11) is 2.86. The van der Waals surface area contributed by atoms with E-state index in [1.54, 1.807) is 26.2 Å². The molecule has 1 atom stereocenters. The molecule has 0 amide bonds. The van der Waals surface area contributed by atoms with Gasteiger partial charge in [0.1, 0.15) is 17.3 Å². The first-order chi connectivity index (χ1) is 13.0. The standard InChI is InChI=1S/C21H20O6/c1-12-10-17(22)20(21(24)27-12)16(11-19(23)26-3)14-8-9-18(25-2)15-7-5-4-6-13(14)15/h4-10,16,22H,11H2,1-3H3/t16-/m1/s1. The van der Waals surface area contributed by atoms with Gasteiger partial charge in [-0.3, -0.25) is 4.79 Å². The average Bonchev–Trinajstić information content (AvgIpc) is 2.65. The summed E-state index contributed by atoms with van der Waals surface area (Å²) in [6.07, 6.45) is -0.117. The number of ether oxygens (including phenoxy) is 2. The van der Waals surface area contributed by atoms with Crippen molar-refractivity contribution in [2.45, 2.75) is 19.3 Å². The van der Waals surface area contributed by atoms with Crippen LogP contribution >= 0.6 is 0 Å². The van der Waals surface area contributed by atoms with Crippen LogP contribution in [-0.2, 0) is 9.53 Å². The number of carbonyl (C=O) groups is 1. The summed E-state index contributed by atoms with van der Waals surface area (Å²) < 4.78 is 15.4. The van der Waals surface area contributed by atoms with E-state index in [1.165, 1.54) is 13.2 Å². The van der Waals surface area contributed by atoms with E-state index in [0.29, 0.717) is 11.3 Å². The molecule has 0 radical (unpaired) electrons. The highest BCUT2D eigenvalue weighted by molar-refractivity contribution is 5.92. The van der Waals surface area contributed by atoms with Crippen molar-refractivity contribution in [2.75, 3.05) is 14.2 Å². The fourth-order valence-corrected chi connectivity index (χ4v) is 3.32. The molecular weight excluding hydrogens is 348 g/mol. The third kappa shape index (κ3) is 3.51. The number of methoxy groups -OCH3 is 2. The van der Waals surface area contributed by atoms with Crippen molar-refractivity contribution >= 4 is 16.7 Å². The van der Waals surface area contributed by atoms with Gasteiger partial charge in [0.25, 0.3) is 0 Å². The number of aromatic hydroxyl groups is 1. The first-order valence-electron chi connectivity index (χ1n) is 8.42. The van der Waals surface area contributed by atoms with Crippen molar-refractivity contribution in [3.63, 3.8) is 0 Å². The Kier molecular flexibility index (Phi) is 5.16. The number of rotatable bonds is 5. The van der Waals surface area contributed by atoms with Gasteiger partial charge in [0, 0.05) is 17.4 Å². The number of carbonyl (C=O) groups excluding carboxylic acids is 1. The van der Waals surface area contributed by atoms with Crippen molar-refractivity contribution < 1.29 is 23.8 Å². The van der Waals surface area contributed by atoms with Gasteiger partial charge in [-0.1, -0.05) is 30.3 Å². The molecule has 0 saturated heterocycles. The predicted molar refractivity (Wildman–Crippen MR) is 100 cm³/mol. The Morgan fingerprint density at radius 1 is 1.15 bits per heavy atom. The van der Waals surface area contributed by atoms with Gasteiger partial charge in [0.05, 0.1) is 26.2 Å². The molecule has 0 aliphatic rings. The lowest BCUT2D eigenvalue weighted by Gasteiger charge is -2.20. The molecule has 1 N–H and O–H groups in total. The third-order valence-corrected chi connectivity index (χ3v) is 4.55. The Morgan fingerprint density at radius 3 is 2.48 bits per heavy atom. The fraction of sp³-hybridized carbons (Fsp3) is 0.238. The molecule has 6 nitrogen and oxygen atoms in total. The van der Waals surface area contributed by atoms with Crippen LogP contribution < -0.4 is 10.4 Å². The highest BCUT2D eigenvalue weighted by Gasteiger charge is 2.28. The molecule has 2 aromatic carbocycles. The van der Waals surface area contributed by atoms with Gasteiger partial charge in [-0.15, -0.1) is 0 Å².